The van der Waals surface area contributed by atoms with Crippen molar-refractivity contribution in [3.63, 3.8) is 0 Å². The standard InChI is InChI=1S/C7H5ClO.C7H8.C4H4ClN2.H4N2.Na.H2O/c8-7(9)6-4-2-1-3-5-6;1-7-5-3-2-4-6-7;5-7-3-1-6-2-4-7;1-2;;/h1-5H;2-6H,1H3;1,3H,4H2;1-2H2;;1H2/q;;-1;;+1;. The number of benzene rings is 2. The first-order valence-electron chi connectivity index (χ1n) is 7.21. The average Bonchev–Trinajstić information content (AvgIpc) is 2.66. The van der Waals surface area contributed by atoms with Crippen LogP contribution in [0.2, 0.25) is 0 Å². The number of hydrogen-bond acceptors (Lipinski definition) is 5. The van der Waals surface area contributed by atoms with Crippen LogP contribution in [0.15, 0.2) is 78.1 Å². The van der Waals surface area contributed by atoms with Crippen LogP contribution in [0.3, 0.4) is 0 Å². The number of nitrogens with zero attached hydrogens (tertiary/aromatic N) is 2. The molecule has 0 fully saturated rings. The molecule has 1 aliphatic rings. The van der Waals surface area contributed by atoms with Crippen LogP contribution in [0, 0.1) is 6.92 Å². The van der Waals surface area contributed by atoms with E-state index in [2.05, 4.69) is 41.9 Å². The van der Waals surface area contributed by atoms with Crippen LogP contribution in [0.5, 0.6) is 0 Å². The molecule has 6 nitrogen and oxygen atoms in total. The molecular formula is C18H23Cl2N4NaO2. The first-order valence-corrected chi connectivity index (χ1v) is 7.93. The molecule has 0 radical (unpaired) electrons. The van der Waals surface area contributed by atoms with Gasteiger partial charge in [-0.3, -0.25) is 16.5 Å². The van der Waals surface area contributed by atoms with Crippen LogP contribution in [0.4, 0.5) is 0 Å². The fraction of sp³-hybridized carbons (Fsp3) is 0.111. The molecule has 0 saturated heterocycles. The molecule has 1 heterocycles. The summed E-state index contributed by atoms with van der Waals surface area (Å²) in [5.41, 5.74) is 1.86. The van der Waals surface area contributed by atoms with Crippen molar-refractivity contribution in [2.75, 3.05) is 6.54 Å². The molecule has 0 amide bonds. The van der Waals surface area contributed by atoms with Gasteiger partial charge in [0.1, 0.15) is 0 Å². The number of carbonyl (C=O) groups is 1. The van der Waals surface area contributed by atoms with Gasteiger partial charge in [0.05, 0.1) is 0 Å². The van der Waals surface area contributed by atoms with Crippen molar-refractivity contribution in [3.05, 3.63) is 84.2 Å². The summed E-state index contributed by atoms with van der Waals surface area (Å²) in [6.07, 6.45) is 5.94. The van der Waals surface area contributed by atoms with E-state index in [4.69, 9.17) is 23.4 Å². The predicted molar refractivity (Wildman–Crippen MR) is 109 cm³/mol. The zero-order valence-corrected chi connectivity index (χ0v) is 18.9. The van der Waals surface area contributed by atoms with Crippen molar-refractivity contribution >= 4 is 34.8 Å². The van der Waals surface area contributed by atoms with E-state index in [1.165, 1.54) is 9.98 Å². The molecule has 0 unspecified atom stereocenters. The Balaban J connectivity index is -0.000000298. The molecule has 0 spiro atoms. The molecule has 2 aromatic rings. The van der Waals surface area contributed by atoms with Crippen LogP contribution in [0.1, 0.15) is 15.9 Å². The molecule has 1 aliphatic heterocycles. The van der Waals surface area contributed by atoms with Crippen molar-refractivity contribution < 1.29 is 39.8 Å². The molecule has 9 heteroatoms. The molecule has 142 valence electrons. The van der Waals surface area contributed by atoms with E-state index in [1.807, 2.05) is 24.3 Å². The van der Waals surface area contributed by atoms with E-state index in [0.717, 1.165) is 0 Å². The van der Waals surface area contributed by atoms with Gasteiger partial charge in [-0.1, -0.05) is 66.2 Å². The number of rotatable bonds is 1. The summed E-state index contributed by atoms with van der Waals surface area (Å²) in [6.45, 7) is 2.66. The maximum atomic E-state index is 10.4. The second-order valence-corrected chi connectivity index (χ2v) is 5.22. The fourth-order valence-electron chi connectivity index (χ4n) is 1.42. The zero-order chi connectivity index (χ0) is 18.9. The maximum Gasteiger partial charge on any atom is 1.00 e. The van der Waals surface area contributed by atoms with Crippen molar-refractivity contribution in [2.24, 2.45) is 16.7 Å². The van der Waals surface area contributed by atoms with Crippen molar-refractivity contribution in [1.82, 2.24) is 4.42 Å². The molecule has 6 N–H and O–H groups in total. The van der Waals surface area contributed by atoms with Crippen LogP contribution in [-0.4, -0.2) is 27.9 Å². The molecule has 0 aromatic heterocycles. The summed E-state index contributed by atoms with van der Waals surface area (Å²) < 4.78 is 1.48. The van der Waals surface area contributed by atoms with Gasteiger partial charge < -0.3 is 14.9 Å². The summed E-state index contributed by atoms with van der Waals surface area (Å²) in [6, 6.07) is 19.0. The number of nitrogens with two attached hydrogens (primary N) is 2. The summed E-state index contributed by atoms with van der Waals surface area (Å²) in [7, 11) is 0. The minimum Gasteiger partial charge on any atom is -0.460 e. The molecule has 0 atom stereocenters. The number of aryl methyl sites for hydroxylation is 1. The van der Waals surface area contributed by atoms with Crippen molar-refractivity contribution in [1.29, 1.82) is 0 Å². The molecule has 3 rings (SSSR count). The van der Waals surface area contributed by atoms with Gasteiger partial charge in [0.2, 0.25) is 0 Å². The third kappa shape index (κ3) is 17.9. The minimum absolute atomic E-state index is 0. The summed E-state index contributed by atoms with van der Waals surface area (Å²) in [4.78, 5) is 14.1. The molecule has 0 aliphatic carbocycles. The molecule has 2 aromatic carbocycles. The molecular weight excluding hydrogens is 398 g/mol. The third-order valence-corrected chi connectivity index (χ3v) is 3.01. The normalized spacial score (nSPS) is 10.2. The van der Waals surface area contributed by atoms with Crippen LogP contribution >= 0.6 is 23.4 Å². The van der Waals surface area contributed by atoms with Gasteiger partial charge in [-0.05, 0) is 31.3 Å². The van der Waals surface area contributed by atoms with Gasteiger partial charge in [0, 0.05) is 17.3 Å². The van der Waals surface area contributed by atoms with Crippen LogP contribution in [0.25, 0.3) is 0 Å². The Hall–Kier alpha value is -1.22. The van der Waals surface area contributed by atoms with E-state index < -0.39 is 5.24 Å². The van der Waals surface area contributed by atoms with E-state index >= 15 is 0 Å². The average molecular weight is 421 g/mol. The Morgan fingerprint density at radius 2 is 1.56 bits per heavy atom. The Kier molecular flexibility index (Phi) is 23.8. The first kappa shape index (κ1) is 30.5. The Labute approximate surface area is 192 Å². The SMILES string of the molecule is Cc1ccccc1.ClN1C=CN=[C-]C1.NN.O.O=C(Cl)c1ccccc1.[Na+]. The number of hydrogen-bond donors (Lipinski definition) is 2. The maximum absolute atomic E-state index is 10.4. The Morgan fingerprint density at radius 1 is 1.07 bits per heavy atom. The number of carbonyl (C=O) groups excluding carboxylic acids is 1. The quantitative estimate of drug-likeness (QED) is 0.168. The van der Waals surface area contributed by atoms with Crippen molar-refractivity contribution in [3.8, 4) is 0 Å². The van der Waals surface area contributed by atoms with Gasteiger partial charge in [-0.15, -0.1) is 6.20 Å². The summed E-state index contributed by atoms with van der Waals surface area (Å²) >= 11 is 10.6. The third-order valence-electron chi connectivity index (χ3n) is 2.56. The predicted octanol–water partition coefficient (Wildman–Crippen LogP) is -0.0665. The minimum atomic E-state index is -0.407. The van der Waals surface area contributed by atoms with E-state index in [1.54, 1.807) is 36.7 Å². The monoisotopic (exact) mass is 420 g/mol. The van der Waals surface area contributed by atoms with Crippen LogP contribution in [-0.2, 0) is 0 Å². The zero-order valence-electron chi connectivity index (χ0n) is 15.3. The van der Waals surface area contributed by atoms with Gasteiger partial charge in [0.15, 0.2) is 0 Å². The second-order valence-electron chi connectivity index (χ2n) is 4.44. The van der Waals surface area contributed by atoms with Crippen LogP contribution < -0.4 is 41.2 Å². The van der Waals surface area contributed by atoms with E-state index in [9.17, 15) is 4.79 Å². The fourth-order valence-corrected chi connectivity index (χ4v) is 1.65. The van der Waals surface area contributed by atoms with Crippen molar-refractivity contribution in [2.45, 2.75) is 6.92 Å². The number of halogens is 2. The summed E-state index contributed by atoms with van der Waals surface area (Å²) in [5, 5.41) is -0.407. The number of aliphatic imine (C=N–C) groups is 1. The smallest absolute Gasteiger partial charge is 0.460 e. The van der Waals surface area contributed by atoms with Gasteiger partial charge in [-0.25, -0.2) is 0 Å². The molecule has 0 saturated carbocycles. The van der Waals surface area contributed by atoms with E-state index in [0.29, 0.717) is 12.1 Å². The van der Waals surface area contributed by atoms with Gasteiger partial charge in [0.25, 0.3) is 5.24 Å². The Morgan fingerprint density at radius 3 is 1.78 bits per heavy atom. The summed E-state index contributed by atoms with van der Waals surface area (Å²) in [5.74, 6) is 8.00. The topological polar surface area (TPSA) is 116 Å². The molecule has 27 heavy (non-hydrogen) atoms. The van der Waals surface area contributed by atoms with Gasteiger partial charge in [-0.2, -0.15) is 6.21 Å². The first-order chi connectivity index (χ1) is 12.1. The Bertz CT molecular complexity index is 644. The van der Waals surface area contributed by atoms with Gasteiger partial charge >= 0.3 is 29.6 Å². The molecule has 0 bridgehead atoms. The largest absolute Gasteiger partial charge is 1.00 e. The van der Waals surface area contributed by atoms with E-state index in [-0.39, 0.29) is 35.0 Å². The number of hydrazine groups is 1. The second kappa shape index (κ2) is 21.1.